The topological polar surface area (TPSA) is 52.6 Å². The highest BCUT2D eigenvalue weighted by Gasteiger charge is 2.15. The maximum atomic E-state index is 10.8. The third-order valence-electron chi connectivity index (χ3n) is 1.37. The van der Waals surface area contributed by atoms with Gasteiger partial charge in [-0.1, -0.05) is 13.2 Å². The van der Waals surface area contributed by atoms with Crippen LogP contribution in [-0.4, -0.2) is 24.1 Å². The van der Waals surface area contributed by atoms with Crippen molar-refractivity contribution in [1.29, 1.82) is 0 Å². The first kappa shape index (κ1) is 18.8. The summed E-state index contributed by atoms with van der Waals surface area (Å²) in [6.45, 7) is 17.8. The van der Waals surface area contributed by atoms with Gasteiger partial charge < -0.3 is 9.47 Å². The summed E-state index contributed by atoms with van der Waals surface area (Å²) in [5.41, 5.74) is 0.484. The maximum absolute atomic E-state index is 10.8. The van der Waals surface area contributed by atoms with Crippen LogP contribution in [0, 0.1) is 0 Å². The first-order chi connectivity index (χ1) is 8.01. The van der Waals surface area contributed by atoms with Crippen molar-refractivity contribution in [3.8, 4) is 0 Å². The van der Waals surface area contributed by atoms with Crippen LogP contribution in [0.2, 0.25) is 0 Å². The van der Waals surface area contributed by atoms with Gasteiger partial charge >= 0.3 is 11.9 Å². The van der Waals surface area contributed by atoms with Crippen LogP contribution in [0.1, 0.15) is 41.5 Å². The average molecular weight is 256 g/mol. The molecule has 0 saturated heterocycles. The third kappa shape index (κ3) is 12.5. The van der Waals surface area contributed by atoms with Crippen molar-refractivity contribution >= 4 is 11.9 Å². The van der Waals surface area contributed by atoms with Crippen LogP contribution >= 0.6 is 0 Å². The van der Waals surface area contributed by atoms with Crippen molar-refractivity contribution in [2.24, 2.45) is 0 Å². The van der Waals surface area contributed by atoms with E-state index in [2.05, 4.69) is 17.9 Å². The Morgan fingerprint density at radius 3 is 1.50 bits per heavy atom. The van der Waals surface area contributed by atoms with E-state index in [-0.39, 0.29) is 11.9 Å². The summed E-state index contributed by atoms with van der Waals surface area (Å²) in [7, 11) is 0. The average Bonchev–Trinajstić information content (AvgIpc) is 2.16. The maximum Gasteiger partial charge on any atom is 0.333 e. The quantitative estimate of drug-likeness (QED) is 0.575. The number of carbonyl (C=O) groups is 2. The Bertz CT molecular complexity index is 321. The van der Waals surface area contributed by atoms with E-state index < -0.39 is 5.60 Å². The number of ether oxygens (including phenoxy) is 2. The highest BCUT2D eigenvalue weighted by Crippen LogP contribution is 2.09. The molecule has 0 atom stereocenters. The van der Waals surface area contributed by atoms with Crippen molar-refractivity contribution in [3.63, 3.8) is 0 Å². The fraction of sp³-hybridized carbons (Fsp3) is 0.571. The second-order valence-electron chi connectivity index (χ2n) is 4.78. The van der Waals surface area contributed by atoms with Crippen LogP contribution in [0.4, 0.5) is 0 Å². The van der Waals surface area contributed by atoms with Crippen LogP contribution in [0.25, 0.3) is 0 Å². The largest absolute Gasteiger partial charge is 0.463 e. The molecule has 0 aromatic rings. The lowest BCUT2D eigenvalue weighted by atomic mass is 10.2. The van der Waals surface area contributed by atoms with Crippen molar-refractivity contribution < 1.29 is 19.1 Å². The molecule has 0 aromatic carbocycles. The van der Waals surface area contributed by atoms with Gasteiger partial charge in [-0.25, -0.2) is 9.59 Å². The van der Waals surface area contributed by atoms with Gasteiger partial charge in [0, 0.05) is 11.1 Å². The van der Waals surface area contributed by atoms with E-state index in [1.807, 2.05) is 20.8 Å². The summed E-state index contributed by atoms with van der Waals surface area (Å²) in [6, 6.07) is 0. The Kier molecular flexibility index (Phi) is 8.87. The lowest BCUT2D eigenvalue weighted by Gasteiger charge is -2.19. The van der Waals surface area contributed by atoms with Crippen LogP contribution < -0.4 is 0 Å². The van der Waals surface area contributed by atoms with E-state index in [0.29, 0.717) is 17.8 Å². The third-order valence-corrected chi connectivity index (χ3v) is 1.37. The standard InChI is InChI=1S/C8H14O2.C6H10O2/c1-6(2)7(9)10-8(3,4)5;1-4-8-6(7)5(2)3/h1H2,2-5H3;2,4H2,1,3H3. The molecule has 0 unspecified atom stereocenters. The van der Waals surface area contributed by atoms with Crippen molar-refractivity contribution in [3.05, 3.63) is 24.3 Å². The number of rotatable bonds is 3. The van der Waals surface area contributed by atoms with Gasteiger partial charge in [0.2, 0.25) is 0 Å². The number of hydrogen-bond donors (Lipinski definition) is 0. The summed E-state index contributed by atoms with van der Waals surface area (Å²) < 4.78 is 9.53. The summed E-state index contributed by atoms with van der Waals surface area (Å²) in [6.07, 6.45) is 0. The molecule has 0 rings (SSSR count). The molecule has 0 radical (unpaired) electrons. The van der Waals surface area contributed by atoms with Gasteiger partial charge in [0.1, 0.15) is 5.60 Å². The molecular weight excluding hydrogens is 232 g/mol. The summed E-state index contributed by atoms with van der Waals surface area (Å²) >= 11 is 0. The van der Waals surface area contributed by atoms with Crippen LogP contribution in [-0.2, 0) is 19.1 Å². The lowest BCUT2D eigenvalue weighted by Crippen LogP contribution is -2.23. The number of carbonyl (C=O) groups excluding carboxylic acids is 2. The molecule has 0 spiro atoms. The minimum Gasteiger partial charge on any atom is -0.463 e. The molecule has 0 N–H and O–H groups in total. The molecule has 0 heterocycles. The van der Waals surface area contributed by atoms with Gasteiger partial charge in [-0.05, 0) is 41.5 Å². The van der Waals surface area contributed by atoms with Gasteiger partial charge in [-0.2, -0.15) is 0 Å². The second-order valence-corrected chi connectivity index (χ2v) is 4.78. The molecule has 0 fully saturated rings. The van der Waals surface area contributed by atoms with Crippen LogP contribution in [0.15, 0.2) is 24.3 Å². The Morgan fingerprint density at radius 1 is 1.00 bits per heavy atom. The van der Waals surface area contributed by atoms with Crippen LogP contribution in [0.5, 0.6) is 0 Å². The molecule has 0 saturated carbocycles. The van der Waals surface area contributed by atoms with E-state index in [1.165, 1.54) is 0 Å². The zero-order chi connectivity index (χ0) is 14.9. The Hall–Kier alpha value is -1.58. The van der Waals surface area contributed by atoms with Crippen molar-refractivity contribution in [2.45, 2.75) is 47.1 Å². The molecule has 0 aliphatic heterocycles. The fourth-order valence-corrected chi connectivity index (χ4v) is 0.620. The second kappa shape index (κ2) is 8.50. The van der Waals surface area contributed by atoms with Gasteiger partial charge in [0.25, 0.3) is 0 Å². The van der Waals surface area contributed by atoms with Gasteiger partial charge in [0.05, 0.1) is 6.61 Å². The molecule has 0 aromatic heterocycles. The van der Waals surface area contributed by atoms with Gasteiger partial charge in [0.15, 0.2) is 0 Å². The molecule has 4 heteroatoms. The predicted octanol–water partition coefficient (Wildman–Crippen LogP) is 3.03. The Balaban J connectivity index is 0. The van der Waals surface area contributed by atoms with Gasteiger partial charge in [-0.15, -0.1) is 0 Å². The highest BCUT2D eigenvalue weighted by atomic mass is 16.6. The molecule has 0 aliphatic carbocycles. The first-order valence-corrected chi connectivity index (χ1v) is 5.72. The SMILES string of the molecule is C=C(C)C(=O)OC(C)(C)C.C=C(C)C(=O)OCC. The minimum absolute atomic E-state index is 0.312. The first-order valence-electron chi connectivity index (χ1n) is 5.72. The molecule has 18 heavy (non-hydrogen) atoms. The molecule has 0 bridgehead atoms. The number of hydrogen-bond acceptors (Lipinski definition) is 4. The minimum atomic E-state index is -0.407. The van der Waals surface area contributed by atoms with E-state index in [1.54, 1.807) is 20.8 Å². The van der Waals surface area contributed by atoms with Gasteiger partial charge in [-0.3, -0.25) is 0 Å². The lowest BCUT2D eigenvalue weighted by molar-refractivity contribution is -0.149. The van der Waals surface area contributed by atoms with E-state index in [9.17, 15) is 9.59 Å². The Labute approximate surface area is 110 Å². The molecule has 104 valence electrons. The molecule has 0 aliphatic rings. The summed E-state index contributed by atoms with van der Waals surface area (Å²) in [5, 5.41) is 0. The molecular formula is C14H24O4. The number of esters is 2. The van der Waals surface area contributed by atoms with Crippen LogP contribution in [0.3, 0.4) is 0 Å². The molecule has 0 amide bonds. The summed E-state index contributed by atoms with van der Waals surface area (Å²) in [5.74, 6) is -0.639. The van der Waals surface area contributed by atoms with E-state index >= 15 is 0 Å². The highest BCUT2D eigenvalue weighted by molar-refractivity contribution is 5.87. The zero-order valence-electron chi connectivity index (χ0n) is 12.3. The fourth-order valence-electron chi connectivity index (χ4n) is 0.620. The van der Waals surface area contributed by atoms with Crippen molar-refractivity contribution in [2.75, 3.05) is 6.61 Å². The normalized spacial score (nSPS) is 9.67. The monoisotopic (exact) mass is 256 g/mol. The Morgan fingerprint density at radius 2 is 1.39 bits per heavy atom. The summed E-state index contributed by atoms with van der Waals surface area (Å²) in [4.78, 5) is 21.3. The van der Waals surface area contributed by atoms with E-state index in [0.717, 1.165) is 0 Å². The van der Waals surface area contributed by atoms with Crippen molar-refractivity contribution in [1.82, 2.24) is 0 Å². The smallest absolute Gasteiger partial charge is 0.333 e. The van der Waals surface area contributed by atoms with E-state index in [4.69, 9.17) is 4.74 Å². The zero-order valence-corrected chi connectivity index (χ0v) is 12.3. The molecule has 4 nitrogen and oxygen atoms in total. The predicted molar refractivity (Wildman–Crippen MR) is 72.1 cm³/mol.